The first-order valence-corrected chi connectivity index (χ1v) is 8.67. The zero-order chi connectivity index (χ0) is 17.5. The SMILES string of the molecule is CN=C(NCC(C)Oc1ccccc1)NC1CCOc2ccccc21. The van der Waals surface area contributed by atoms with Crippen molar-refractivity contribution in [2.24, 2.45) is 4.99 Å². The molecular weight excluding hydrogens is 314 g/mol. The molecule has 0 saturated heterocycles. The lowest BCUT2D eigenvalue weighted by Gasteiger charge is -2.28. The van der Waals surface area contributed by atoms with Crippen LogP contribution in [0.5, 0.6) is 11.5 Å². The summed E-state index contributed by atoms with van der Waals surface area (Å²) >= 11 is 0. The highest BCUT2D eigenvalue weighted by molar-refractivity contribution is 5.80. The summed E-state index contributed by atoms with van der Waals surface area (Å²) in [7, 11) is 1.78. The number of hydrogen-bond donors (Lipinski definition) is 2. The Bertz CT molecular complexity index is 703. The fourth-order valence-corrected chi connectivity index (χ4v) is 2.87. The standard InChI is InChI=1S/C20H25N3O2/c1-15(25-16-8-4-3-5-9-16)14-22-20(21-2)23-18-12-13-24-19-11-7-6-10-17(18)19/h3-11,15,18H,12-14H2,1-2H3,(H2,21,22,23). The van der Waals surface area contributed by atoms with E-state index in [1.807, 2.05) is 55.5 Å². The molecular formula is C20H25N3O2. The second-order valence-electron chi connectivity index (χ2n) is 6.07. The average Bonchev–Trinajstić information content (AvgIpc) is 2.66. The van der Waals surface area contributed by atoms with Gasteiger partial charge in [-0.3, -0.25) is 4.99 Å². The molecule has 2 atom stereocenters. The van der Waals surface area contributed by atoms with E-state index in [0.717, 1.165) is 23.9 Å². The molecule has 2 unspecified atom stereocenters. The van der Waals surface area contributed by atoms with Crippen LogP contribution in [0.4, 0.5) is 0 Å². The average molecular weight is 339 g/mol. The quantitative estimate of drug-likeness (QED) is 0.649. The molecule has 5 nitrogen and oxygen atoms in total. The molecule has 25 heavy (non-hydrogen) atoms. The molecule has 2 aromatic rings. The van der Waals surface area contributed by atoms with Crippen molar-refractivity contribution in [1.29, 1.82) is 0 Å². The van der Waals surface area contributed by atoms with E-state index in [2.05, 4.69) is 21.7 Å². The molecule has 0 fully saturated rings. The van der Waals surface area contributed by atoms with Crippen LogP contribution in [0.3, 0.4) is 0 Å². The van der Waals surface area contributed by atoms with Crippen LogP contribution >= 0.6 is 0 Å². The summed E-state index contributed by atoms with van der Waals surface area (Å²) in [5.74, 6) is 2.59. The number of para-hydroxylation sites is 2. The molecule has 0 aliphatic carbocycles. The highest BCUT2D eigenvalue weighted by atomic mass is 16.5. The van der Waals surface area contributed by atoms with Crippen molar-refractivity contribution in [2.75, 3.05) is 20.2 Å². The maximum Gasteiger partial charge on any atom is 0.191 e. The number of nitrogens with zero attached hydrogens (tertiary/aromatic N) is 1. The number of fused-ring (bicyclic) bond motifs is 1. The second-order valence-corrected chi connectivity index (χ2v) is 6.07. The van der Waals surface area contributed by atoms with Gasteiger partial charge in [-0.2, -0.15) is 0 Å². The molecule has 132 valence electrons. The maximum atomic E-state index is 5.89. The number of rotatable bonds is 5. The lowest BCUT2D eigenvalue weighted by Crippen LogP contribution is -2.44. The van der Waals surface area contributed by atoms with Crippen molar-refractivity contribution in [3.05, 3.63) is 60.2 Å². The lowest BCUT2D eigenvalue weighted by atomic mass is 10.0. The Balaban J connectivity index is 1.54. The van der Waals surface area contributed by atoms with Gasteiger partial charge in [-0.1, -0.05) is 36.4 Å². The first kappa shape index (κ1) is 17.1. The molecule has 2 N–H and O–H groups in total. The third-order valence-electron chi connectivity index (χ3n) is 4.13. The molecule has 0 aromatic heterocycles. The fourth-order valence-electron chi connectivity index (χ4n) is 2.87. The number of benzene rings is 2. The molecule has 1 aliphatic heterocycles. The molecule has 0 bridgehead atoms. The smallest absolute Gasteiger partial charge is 0.191 e. The first-order chi connectivity index (χ1) is 12.3. The molecule has 3 rings (SSSR count). The largest absolute Gasteiger partial charge is 0.493 e. The molecule has 1 heterocycles. The van der Waals surface area contributed by atoms with Gasteiger partial charge in [0.15, 0.2) is 5.96 Å². The van der Waals surface area contributed by atoms with Crippen LogP contribution in [0.15, 0.2) is 59.6 Å². The van der Waals surface area contributed by atoms with E-state index in [-0.39, 0.29) is 12.1 Å². The Labute approximate surface area is 149 Å². The van der Waals surface area contributed by atoms with Crippen molar-refractivity contribution in [2.45, 2.75) is 25.5 Å². The van der Waals surface area contributed by atoms with Crippen molar-refractivity contribution in [3.63, 3.8) is 0 Å². The number of guanidine groups is 1. The van der Waals surface area contributed by atoms with E-state index in [1.54, 1.807) is 7.05 Å². The van der Waals surface area contributed by atoms with Gasteiger partial charge in [0, 0.05) is 19.0 Å². The first-order valence-electron chi connectivity index (χ1n) is 8.67. The minimum Gasteiger partial charge on any atom is -0.493 e. The summed E-state index contributed by atoms with van der Waals surface area (Å²) in [6.07, 6.45) is 0.941. The number of hydrogen-bond acceptors (Lipinski definition) is 3. The molecule has 0 spiro atoms. The van der Waals surface area contributed by atoms with Crippen LogP contribution in [0.2, 0.25) is 0 Å². The molecule has 1 aliphatic rings. The number of nitrogens with one attached hydrogen (secondary N) is 2. The van der Waals surface area contributed by atoms with Gasteiger partial charge in [-0.25, -0.2) is 0 Å². The van der Waals surface area contributed by atoms with Gasteiger partial charge >= 0.3 is 0 Å². The molecule has 5 heteroatoms. The summed E-state index contributed by atoms with van der Waals surface area (Å²) in [6, 6.07) is 18.2. The zero-order valence-electron chi connectivity index (χ0n) is 14.7. The minimum atomic E-state index is 0.0305. The van der Waals surface area contributed by atoms with E-state index in [4.69, 9.17) is 9.47 Å². The Hall–Kier alpha value is -2.69. The van der Waals surface area contributed by atoms with E-state index in [9.17, 15) is 0 Å². The van der Waals surface area contributed by atoms with Crippen LogP contribution in [0.25, 0.3) is 0 Å². The van der Waals surface area contributed by atoms with Gasteiger partial charge in [-0.05, 0) is 25.1 Å². The highest BCUT2D eigenvalue weighted by Gasteiger charge is 2.21. The van der Waals surface area contributed by atoms with Gasteiger partial charge in [0.2, 0.25) is 0 Å². The van der Waals surface area contributed by atoms with Gasteiger partial charge in [0.1, 0.15) is 17.6 Å². The topological polar surface area (TPSA) is 54.9 Å². The van der Waals surface area contributed by atoms with Crippen molar-refractivity contribution in [1.82, 2.24) is 10.6 Å². The van der Waals surface area contributed by atoms with Gasteiger partial charge in [0.05, 0.1) is 19.2 Å². The molecule has 0 radical (unpaired) electrons. The molecule has 0 amide bonds. The monoisotopic (exact) mass is 339 g/mol. The summed E-state index contributed by atoms with van der Waals surface area (Å²) in [5.41, 5.74) is 1.17. The zero-order valence-corrected chi connectivity index (χ0v) is 14.7. The van der Waals surface area contributed by atoms with E-state index in [1.165, 1.54) is 5.56 Å². The van der Waals surface area contributed by atoms with Crippen LogP contribution in [0, 0.1) is 0 Å². The van der Waals surface area contributed by atoms with Gasteiger partial charge in [0.25, 0.3) is 0 Å². The predicted octanol–water partition coefficient (Wildman–Crippen LogP) is 3.14. The Morgan fingerprint density at radius 2 is 1.96 bits per heavy atom. The molecule has 2 aromatic carbocycles. The highest BCUT2D eigenvalue weighted by Crippen LogP contribution is 2.31. The van der Waals surface area contributed by atoms with Crippen LogP contribution < -0.4 is 20.1 Å². The Kier molecular flexibility index (Phi) is 5.77. The van der Waals surface area contributed by atoms with Gasteiger partial charge < -0.3 is 20.1 Å². The summed E-state index contributed by atoms with van der Waals surface area (Å²) in [6.45, 7) is 3.41. The lowest BCUT2D eigenvalue weighted by molar-refractivity contribution is 0.223. The predicted molar refractivity (Wildman–Crippen MR) is 100 cm³/mol. The maximum absolute atomic E-state index is 5.89. The number of ether oxygens (including phenoxy) is 2. The third kappa shape index (κ3) is 4.66. The van der Waals surface area contributed by atoms with Crippen molar-refractivity contribution < 1.29 is 9.47 Å². The minimum absolute atomic E-state index is 0.0305. The third-order valence-corrected chi connectivity index (χ3v) is 4.13. The van der Waals surface area contributed by atoms with Crippen LogP contribution in [-0.2, 0) is 0 Å². The van der Waals surface area contributed by atoms with E-state index >= 15 is 0 Å². The number of aliphatic imine (C=N–C) groups is 1. The Morgan fingerprint density at radius 3 is 2.76 bits per heavy atom. The fraction of sp³-hybridized carbons (Fsp3) is 0.350. The summed E-state index contributed by atoms with van der Waals surface area (Å²) in [4.78, 5) is 4.33. The normalized spacial score (nSPS) is 17.8. The van der Waals surface area contributed by atoms with Crippen molar-refractivity contribution in [3.8, 4) is 11.5 Å². The molecule has 0 saturated carbocycles. The van der Waals surface area contributed by atoms with Crippen LogP contribution in [-0.4, -0.2) is 32.3 Å². The van der Waals surface area contributed by atoms with E-state index < -0.39 is 0 Å². The van der Waals surface area contributed by atoms with E-state index in [0.29, 0.717) is 13.2 Å². The summed E-state index contributed by atoms with van der Waals surface area (Å²) < 4.78 is 11.6. The second kappa shape index (κ2) is 8.42. The van der Waals surface area contributed by atoms with Crippen LogP contribution in [0.1, 0.15) is 24.9 Å². The summed E-state index contributed by atoms with van der Waals surface area (Å²) in [5, 5.41) is 6.82. The Morgan fingerprint density at radius 1 is 1.20 bits per heavy atom. The van der Waals surface area contributed by atoms with Crippen molar-refractivity contribution >= 4 is 5.96 Å². The van der Waals surface area contributed by atoms with Gasteiger partial charge in [-0.15, -0.1) is 0 Å².